The molecule has 1 aromatic rings. The fraction of sp³-hybridized carbons (Fsp3) is 0.611. The van der Waals surface area contributed by atoms with Crippen LogP contribution in [0.3, 0.4) is 0 Å². The summed E-state index contributed by atoms with van der Waals surface area (Å²) in [5, 5.41) is 0. The summed E-state index contributed by atoms with van der Waals surface area (Å²) in [5.74, 6) is 0.725. The van der Waals surface area contributed by atoms with E-state index in [9.17, 15) is 4.79 Å². The van der Waals surface area contributed by atoms with Crippen molar-refractivity contribution < 1.29 is 4.79 Å². The average Bonchev–Trinajstić information content (AvgIpc) is 3.22. The van der Waals surface area contributed by atoms with Gasteiger partial charge in [0.25, 0.3) is 0 Å². The van der Waals surface area contributed by atoms with Crippen LogP contribution in [0.5, 0.6) is 0 Å². The van der Waals surface area contributed by atoms with Gasteiger partial charge in [-0.1, -0.05) is 45.0 Å². The van der Waals surface area contributed by atoms with E-state index in [0.717, 1.165) is 0 Å². The van der Waals surface area contributed by atoms with Crippen molar-refractivity contribution in [1.82, 2.24) is 4.90 Å². The van der Waals surface area contributed by atoms with Crippen LogP contribution in [0.15, 0.2) is 24.3 Å². The quantitative estimate of drug-likeness (QED) is 0.905. The van der Waals surface area contributed by atoms with E-state index >= 15 is 0 Å². The Morgan fingerprint density at radius 2 is 1.86 bits per heavy atom. The Labute approximate surface area is 128 Å². The Balaban J connectivity index is 1.89. The van der Waals surface area contributed by atoms with Gasteiger partial charge in [-0.05, 0) is 35.3 Å². The van der Waals surface area contributed by atoms with Crippen LogP contribution in [0.1, 0.15) is 51.2 Å². The van der Waals surface area contributed by atoms with Gasteiger partial charge in [0.15, 0.2) is 0 Å². The van der Waals surface area contributed by atoms with Gasteiger partial charge in [0.05, 0.1) is 0 Å². The van der Waals surface area contributed by atoms with Crippen LogP contribution in [0.25, 0.3) is 0 Å². The average molecular weight is 288 g/mol. The van der Waals surface area contributed by atoms with Crippen molar-refractivity contribution in [3.05, 3.63) is 35.4 Å². The Morgan fingerprint density at radius 3 is 2.33 bits per heavy atom. The van der Waals surface area contributed by atoms with Crippen LogP contribution in [0.4, 0.5) is 0 Å². The molecule has 1 aliphatic rings. The van der Waals surface area contributed by atoms with E-state index in [2.05, 4.69) is 45.0 Å². The first kappa shape index (κ1) is 16.0. The number of nitrogens with zero attached hydrogens (tertiary/aromatic N) is 1. The zero-order valence-electron chi connectivity index (χ0n) is 13.7. The van der Waals surface area contributed by atoms with E-state index < -0.39 is 0 Å². The molecule has 1 aliphatic carbocycles. The van der Waals surface area contributed by atoms with Crippen LogP contribution in [-0.4, -0.2) is 23.9 Å². The molecule has 1 aromatic carbocycles. The van der Waals surface area contributed by atoms with E-state index in [0.29, 0.717) is 18.9 Å². The molecule has 0 saturated heterocycles. The molecule has 3 nitrogen and oxygen atoms in total. The molecular weight excluding hydrogens is 260 g/mol. The van der Waals surface area contributed by atoms with Crippen LogP contribution < -0.4 is 5.73 Å². The molecule has 0 radical (unpaired) electrons. The van der Waals surface area contributed by atoms with Gasteiger partial charge in [-0.25, -0.2) is 0 Å². The predicted octanol–water partition coefficient (Wildman–Crippen LogP) is 3.07. The van der Waals surface area contributed by atoms with Crippen molar-refractivity contribution in [2.45, 2.75) is 58.0 Å². The summed E-state index contributed by atoms with van der Waals surface area (Å²) < 4.78 is 0. The molecule has 1 amide bonds. The maximum atomic E-state index is 12.2. The van der Waals surface area contributed by atoms with Crippen LogP contribution >= 0.6 is 0 Å². The van der Waals surface area contributed by atoms with Gasteiger partial charge in [-0.2, -0.15) is 0 Å². The van der Waals surface area contributed by atoms with E-state index in [1.807, 2.05) is 7.05 Å². The third-order valence-electron chi connectivity index (χ3n) is 4.30. The molecule has 1 atom stereocenters. The first-order chi connectivity index (χ1) is 9.77. The molecule has 1 fully saturated rings. The number of hydrogen-bond donors (Lipinski definition) is 1. The zero-order chi connectivity index (χ0) is 15.6. The molecule has 2 rings (SSSR count). The SMILES string of the molecule is CN(Cc1ccc(C(C)(C)C)cc1)C(=O)CC(N)C1CC1. The van der Waals surface area contributed by atoms with E-state index in [1.54, 1.807) is 4.90 Å². The summed E-state index contributed by atoms with van der Waals surface area (Å²) in [6.45, 7) is 7.27. The molecule has 3 heteroatoms. The van der Waals surface area contributed by atoms with Gasteiger partial charge < -0.3 is 10.6 Å². The number of amides is 1. The summed E-state index contributed by atoms with van der Waals surface area (Å²) in [6, 6.07) is 8.59. The number of carbonyl (C=O) groups is 1. The molecule has 0 heterocycles. The first-order valence-electron chi connectivity index (χ1n) is 7.86. The molecule has 21 heavy (non-hydrogen) atoms. The second-order valence-corrected chi connectivity index (χ2v) is 7.40. The predicted molar refractivity (Wildman–Crippen MR) is 86.9 cm³/mol. The molecule has 0 aliphatic heterocycles. The normalized spacial score (nSPS) is 16.6. The van der Waals surface area contributed by atoms with Gasteiger partial charge in [-0.3, -0.25) is 4.79 Å². The smallest absolute Gasteiger partial charge is 0.224 e. The molecule has 116 valence electrons. The highest BCUT2D eigenvalue weighted by atomic mass is 16.2. The monoisotopic (exact) mass is 288 g/mol. The fourth-order valence-corrected chi connectivity index (χ4v) is 2.52. The van der Waals surface area contributed by atoms with Gasteiger partial charge in [0.2, 0.25) is 5.91 Å². The Kier molecular flexibility index (Phi) is 4.72. The first-order valence-corrected chi connectivity index (χ1v) is 7.86. The topological polar surface area (TPSA) is 46.3 Å². The van der Waals surface area contributed by atoms with Crippen LogP contribution in [0, 0.1) is 5.92 Å². The van der Waals surface area contributed by atoms with Gasteiger partial charge >= 0.3 is 0 Å². The summed E-state index contributed by atoms with van der Waals surface area (Å²) in [7, 11) is 1.86. The third-order valence-corrected chi connectivity index (χ3v) is 4.30. The van der Waals surface area contributed by atoms with Crippen molar-refractivity contribution in [1.29, 1.82) is 0 Å². The van der Waals surface area contributed by atoms with Crippen molar-refractivity contribution >= 4 is 5.91 Å². The second-order valence-electron chi connectivity index (χ2n) is 7.40. The lowest BCUT2D eigenvalue weighted by atomic mass is 9.87. The summed E-state index contributed by atoms with van der Waals surface area (Å²) >= 11 is 0. The maximum absolute atomic E-state index is 12.2. The summed E-state index contributed by atoms with van der Waals surface area (Å²) in [5.41, 5.74) is 8.68. The second kappa shape index (κ2) is 6.18. The van der Waals surface area contributed by atoms with Gasteiger partial charge in [-0.15, -0.1) is 0 Å². The number of rotatable bonds is 5. The lowest BCUT2D eigenvalue weighted by Gasteiger charge is -2.22. The number of nitrogens with two attached hydrogens (primary N) is 1. The highest BCUT2D eigenvalue weighted by Crippen LogP contribution is 2.33. The molecular formula is C18H28N2O. The van der Waals surface area contributed by atoms with Crippen molar-refractivity contribution in [2.24, 2.45) is 11.7 Å². The Hall–Kier alpha value is -1.35. The molecule has 2 N–H and O–H groups in total. The molecule has 0 spiro atoms. The van der Waals surface area contributed by atoms with Crippen molar-refractivity contribution in [2.75, 3.05) is 7.05 Å². The Morgan fingerprint density at radius 1 is 1.29 bits per heavy atom. The van der Waals surface area contributed by atoms with Crippen LogP contribution in [0.2, 0.25) is 0 Å². The maximum Gasteiger partial charge on any atom is 0.224 e. The zero-order valence-corrected chi connectivity index (χ0v) is 13.7. The lowest BCUT2D eigenvalue weighted by Crippen LogP contribution is -2.34. The van der Waals surface area contributed by atoms with Crippen molar-refractivity contribution in [3.63, 3.8) is 0 Å². The molecule has 0 bridgehead atoms. The Bertz CT molecular complexity index is 483. The number of carbonyl (C=O) groups excluding carboxylic acids is 1. The minimum atomic E-state index is 0.0446. The summed E-state index contributed by atoms with van der Waals surface area (Å²) in [6.07, 6.45) is 2.85. The van der Waals surface area contributed by atoms with Gasteiger partial charge in [0.1, 0.15) is 0 Å². The molecule has 0 aromatic heterocycles. The largest absolute Gasteiger partial charge is 0.341 e. The highest BCUT2D eigenvalue weighted by Gasteiger charge is 2.30. The van der Waals surface area contributed by atoms with E-state index in [1.165, 1.54) is 24.0 Å². The van der Waals surface area contributed by atoms with E-state index in [4.69, 9.17) is 5.73 Å². The standard InChI is InChI=1S/C18H28N2O/c1-18(2,3)15-9-5-13(6-10-15)12-20(4)17(21)11-16(19)14-7-8-14/h5-6,9-10,14,16H,7-8,11-12,19H2,1-4H3. The number of hydrogen-bond acceptors (Lipinski definition) is 2. The minimum absolute atomic E-state index is 0.0446. The third kappa shape index (κ3) is 4.57. The highest BCUT2D eigenvalue weighted by molar-refractivity contribution is 5.76. The van der Waals surface area contributed by atoms with Crippen molar-refractivity contribution in [3.8, 4) is 0 Å². The lowest BCUT2D eigenvalue weighted by molar-refractivity contribution is -0.130. The summed E-state index contributed by atoms with van der Waals surface area (Å²) in [4.78, 5) is 13.9. The number of benzene rings is 1. The minimum Gasteiger partial charge on any atom is -0.341 e. The van der Waals surface area contributed by atoms with E-state index in [-0.39, 0.29) is 17.4 Å². The van der Waals surface area contributed by atoms with Gasteiger partial charge in [0, 0.05) is 26.1 Å². The fourth-order valence-electron chi connectivity index (χ4n) is 2.52. The van der Waals surface area contributed by atoms with Crippen LogP contribution in [-0.2, 0) is 16.8 Å². The molecule has 1 saturated carbocycles. The molecule has 1 unspecified atom stereocenters.